The van der Waals surface area contributed by atoms with E-state index in [0.717, 1.165) is 29.8 Å². The predicted octanol–water partition coefficient (Wildman–Crippen LogP) is 2.66. The number of nitrogens with zero attached hydrogens (tertiary/aromatic N) is 3. The van der Waals surface area contributed by atoms with E-state index in [1.807, 2.05) is 38.1 Å². The summed E-state index contributed by atoms with van der Waals surface area (Å²) in [6.07, 6.45) is 2.33. The first kappa shape index (κ1) is 17.6. The first-order valence-corrected chi connectivity index (χ1v) is 8.99. The van der Waals surface area contributed by atoms with Crippen molar-refractivity contribution in [2.75, 3.05) is 0 Å². The number of rotatable bonds is 5. The molecule has 1 fully saturated rings. The second kappa shape index (κ2) is 7.35. The Kier molecular flexibility index (Phi) is 5.18. The molecule has 2 heterocycles. The van der Waals surface area contributed by atoms with E-state index in [1.54, 1.807) is 0 Å². The van der Waals surface area contributed by atoms with Crippen LogP contribution in [0.4, 0.5) is 0 Å². The van der Waals surface area contributed by atoms with Gasteiger partial charge in [-0.05, 0) is 52.2 Å². The fourth-order valence-electron chi connectivity index (χ4n) is 3.74. The van der Waals surface area contributed by atoms with Gasteiger partial charge in [0.15, 0.2) is 5.82 Å². The molecule has 1 aliphatic rings. The third-order valence-corrected chi connectivity index (χ3v) is 5.10. The molecule has 25 heavy (non-hydrogen) atoms. The van der Waals surface area contributed by atoms with Crippen LogP contribution in [0.1, 0.15) is 45.0 Å². The standard InChI is InChI=1S/C19H27N5O/c1-12-8-9-13(2)24(12)14(3)19(25)20-11-16-6-5-7-17(10-16)18-21-15(4)22-23-18/h5-7,10,12-14H,8-9,11H2,1-4H3,(H,20,25)(H,21,22,23)/t12-,13+,14-/m1/s1. The second-order valence-electron chi connectivity index (χ2n) is 7.06. The number of amides is 1. The van der Waals surface area contributed by atoms with Crippen LogP contribution >= 0.6 is 0 Å². The largest absolute Gasteiger partial charge is 0.351 e. The summed E-state index contributed by atoms with van der Waals surface area (Å²) in [5, 5.41) is 10.1. The van der Waals surface area contributed by atoms with Gasteiger partial charge in [-0.25, -0.2) is 4.98 Å². The lowest BCUT2D eigenvalue weighted by molar-refractivity contribution is -0.127. The molecule has 3 rings (SSSR count). The fourth-order valence-corrected chi connectivity index (χ4v) is 3.74. The van der Waals surface area contributed by atoms with Gasteiger partial charge in [-0.3, -0.25) is 14.8 Å². The second-order valence-corrected chi connectivity index (χ2v) is 7.06. The molecule has 2 N–H and O–H groups in total. The zero-order valence-electron chi connectivity index (χ0n) is 15.4. The van der Waals surface area contributed by atoms with Crippen molar-refractivity contribution in [1.29, 1.82) is 0 Å². The minimum atomic E-state index is -0.105. The number of carbonyl (C=O) groups is 1. The Balaban J connectivity index is 1.62. The van der Waals surface area contributed by atoms with E-state index < -0.39 is 0 Å². The van der Waals surface area contributed by atoms with Crippen LogP contribution in [0.25, 0.3) is 11.4 Å². The van der Waals surface area contributed by atoms with Crippen molar-refractivity contribution in [3.63, 3.8) is 0 Å². The molecule has 0 aliphatic carbocycles. The Labute approximate surface area is 149 Å². The minimum Gasteiger partial charge on any atom is -0.351 e. The van der Waals surface area contributed by atoms with Crippen LogP contribution in [-0.4, -0.2) is 44.1 Å². The number of H-pyrrole nitrogens is 1. The number of aromatic amines is 1. The average Bonchev–Trinajstić information content (AvgIpc) is 3.18. The van der Waals surface area contributed by atoms with Gasteiger partial charge in [0.05, 0.1) is 6.04 Å². The number of hydrogen-bond donors (Lipinski definition) is 2. The zero-order chi connectivity index (χ0) is 18.0. The van der Waals surface area contributed by atoms with Crippen molar-refractivity contribution < 1.29 is 4.79 Å². The smallest absolute Gasteiger partial charge is 0.237 e. The summed E-state index contributed by atoms with van der Waals surface area (Å²) in [5.74, 6) is 1.55. The lowest BCUT2D eigenvalue weighted by Gasteiger charge is -2.31. The van der Waals surface area contributed by atoms with Crippen LogP contribution in [0.2, 0.25) is 0 Å². The average molecular weight is 341 g/mol. The fraction of sp³-hybridized carbons (Fsp3) is 0.526. The van der Waals surface area contributed by atoms with Gasteiger partial charge in [0.2, 0.25) is 5.91 Å². The Morgan fingerprint density at radius 1 is 1.36 bits per heavy atom. The molecule has 1 aromatic carbocycles. The summed E-state index contributed by atoms with van der Waals surface area (Å²) >= 11 is 0. The number of benzene rings is 1. The zero-order valence-corrected chi connectivity index (χ0v) is 15.4. The molecule has 1 aromatic heterocycles. The highest BCUT2D eigenvalue weighted by atomic mass is 16.2. The lowest BCUT2D eigenvalue weighted by Crippen LogP contribution is -2.48. The maximum absolute atomic E-state index is 12.6. The highest BCUT2D eigenvalue weighted by Gasteiger charge is 2.34. The van der Waals surface area contributed by atoms with Crippen LogP contribution in [0.15, 0.2) is 24.3 Å². The van der Waals surface area contributed by atoms with Crippen molar-refractivity contribution in [3.8, 4) is 11.4 Å². The molecule has 2 aromatic rings. The SMILES string of the molecule is Cc1nc(-c2cccc(CNC(=O)[C@@H](C)N3[C@H](C)CC[C@@H]3C)c2)n[nH]1. The van der Waals surface area contributed by atoms with E-state index in [-0.39, 0.29) is 11.9 Å². The normalized spacial score (nSPS) is 22.1. The van der Waals surface area contributed by atoms with E-state index in [9.17, 15) is 4.79 Å². The van der Waals surface area contributed by atoms with E-state index >= 15 is 0 Å². The monoisotopic (exact) mass is 341 g/mol. The molecular weight excluding hydrogens is 314 g/mol. The molecule has 3 atom stereocenters. The van der Waals surface area contributed by atoms with E-state index in [1.165, 1.54) is 0 Å². The predicted molar refractivity (Wildman–Crippen MR) is 97.9 cm³/mol. The molecule has 0 bridgehead atoms. The maximum atomic E-state index is 12.6. The van der Waals surface area contributed by atoms with Crippen LogP contribution in [0, 0.1) is 6.92 Å². The molecule has 1 saturated heterocycles. The van der Waals surface area contributed by atoms with E-state index in [4.69, 9.17) is 0 Å². The minimum absolute atomic E-state index is 0.0831. The summed E-state index contributed by atoms with van der Waals surface area (Å²) < 4.78 is 0. The molecule has 0 unspecified atom stereocenters. The number of aryl methyl sites for hydroxylation is 1. The summed E-state index contributed by atoms with van der Waals surface area (Å²) in [4.78, 5) is 19.2. The van der Waals surface area contributed by atoms with Crippen molar-refractivity contribution in [3.05, 3.63) is 35.7 Å². The van der Waals surface area contributed by atoms with Gasteiger partial charge in [0, 0.05) is 24.2 Å². The maximum Gasteiger partial charge on any atom is 0.237 e. The summed E-state index contributed by atoms with van der Waals surface area (Å²) in [5.41, 5.74) is 1.99. The third-order valence-electron chi connectivity index (χ3n) is 5.10. The Hall–Kier alpha value is -2.21. The molecule has 6 nitrogen and oxygen atoms in total. The van der Waals surface area contributed by atoms with Crippen LogP contribution in [0.5, 0.6) is 0 Å². The van der Waals surface area contributed by atoms with Crippen LogP contribution in [-0.2, 0) is 11.3 Å². The topological polar surface area (TPSA) is 73.9 Å². The number of aromatic nitrogens is 3. The van der Waals surface area contributed by atoms with Gasteiger partial charge in [-0.2, -0.15) is 5.10 Å². The summed E-state index contributed by atoms with van der Waals surface area (Å²) in [7, 11) is 0. The van der Waals surface area contributed by atoms with Crippen molar-refractivity contribution >= 4 is 5.91 Å². The summed E-state index contributed by atoms with van der Waals surface area (Å²) in [6, 6.07) is 8.80. The molecular formula is C19H27N5O. The van der Waals surface area contributed by atoms with Crippen LogP contribution < -0.4 is 5.32 Å². The Morgan fingerprint density at radius 2 is 2.08 bits per heavy atom. The van der Waals surface area contributed by atoms with Gasteiger partial charge in [0.25, 0.3) is 0 Å². The van der Waals surface area contributed by atoms with Gasteiger partial charge in [-0.1, -0.05) is 18.2 Å². The summed E-state index contributed by atoms with van der Waals surface area (Å²) in [6.45, 7) is 8.80. The Bertz CT molecular complexity index is 731. The Morgan fingerprint density at radius 3 is 2.72 bits per heavy atom. The van der Waals surface area contributed by atoms with Crippen molar-refractivity contribution in [2.45, 2.75) is 65.2 Å². The van der Waals surface area contributed by atoms with Gasteiger partial charge in [0.1, 0.15) is 5.82 Å². The number of nitrogens with one attached hydrogen (secondary N) is 2. The van der Waals surface area contributed by atoms with Crippen LogP contribution in [0.3, 0.4) is 0 Å². The molecule has 0 radical (unpaired) electrons. The van der Waals surface area contributed by atoms with E-state index in [2.05, 4.69) is 39.2 Å². The molecule has 1 amide bonds. The van der Waals surface area contributed by atoms with Gasteiger partial charge >= 0.3 is 0 Å². The first-order valence-electron chi connectivity index (χ1n) is 8.99. The first-order chi connectivity index (χ1) is 12.0. The van der Waals surface area contributed by atoms with E-state index in [0.29, 0.717) is 24.5 Å². The highest BCUT2D eigenvalue weighted by molar-refractivity contribution is 5.81. The molecule has 6 heteroatoms. The van der Waals surface area contributed by atoms with Crippen molar-refractivity contribution in [2.24, 2.45) is 0 Å². The quantitative estimate of drug-likeness (QED) is 0.877. The lowest BCUT2D eigenvalue weighted by atomic mass is 10.1. The highest BCUT2D eigenvalue weighted by Crippen LogP contribution is 2.26. The molecule has 0 spiro atoms. The number of hydrogen-bond acceptors (Lipinski definition) is 4. The van der Waals surface area contributed by atoms with Gasteiger partial charge < -0.3 is 5.32 Å². The molecule has 1 aliphatic heterocycles. The third kappa shape index (κ3) is 3.90. The van der Waals surface area contributed by atoms with Crippen molar-refractivity contribution in [1.82, 2.24) is 25.4 Å². The molecule has 0 saturated carbocycles. The number of carbonyl (C=O) groups excluding carboxylic acids is 1. The molecule has 134 valence electrons. The van der Waals surface area contributed by atoms with Gasteiger partial charge in [-0.15, -0.1) is 0 Å². The number of likely N-dealkylation sites (tertiary alicyclic amines) is 1.